The van der Waals surface area contributed by atoms with Crippen LogP contribution in [-0.2, 0) is 4.79 Å². The van der Waals surface area contributed by atoms with E-state index in [1.807, 2.05) is 13.0 Å². The van der Waals surface area contributed by atoms with Crippen LogP contribution in [0.2, 0.25) is 0 Å². The van der Waals surface area contributed by atoms with Crippen LogP contribution < -0.4 is 5.32 Å². The normalized spacial score (nSPS) is 10.0. The van der Waals surface area contributed by atoms with Crippen LogP contribution in [-0.4, -0.2) is 26.8 Å². The van der Waals surface area contributed by atoms with Crippen molar-refractivity contribution in [2.24, 2.45) is 0 Å². The third kappa shape index (κ3) is 3.83. The van der Waals surface area contributed by atoms with Crippen molar-refractivity contribution < 1.29 is 4.79 Å². The van der Waals surface area contributed by atoms with Gasteiger partial charge in [-0.15, -0.1) is 5.10 Å². The molecule has 0 fully saturated rings. The largest absolute Gasteiger partial charge is 0.325 e. The summed E-state index contributed by atoms with van der Waals surface area (Å²) in [6.45, 7) is 1.82. The van der Waals surface area contributed by atoms with E-state index in [-0.39, 0.29) is 5.91 Å². The number of hydrogen-bond donors (Lipinski definition) is 2. The predicted octanol–water partition coefficient (Wildman–Crippen LogP) is 2.11. The highest BCUT2D eigenvalue weighted by atomic mass is 32.2. The molecule has 0 aliphatic rings. The maximum absolute atomic E-state index is 11.8. The first kappa shape index (κ1) is 14.1. The number of rotatable bonds is 5. The number of para-hydroxylation sites is 1. The summed E-state index contributed by atoms with van der Waals surface area (Å²) in [7, 11) is 0. The first-order valence-corrected chi connectivity index (χ1v) is 6.98. The number of thioether (sulfide) groups is 1. The van der Waals surface area contributed by atoms with Gasteiger partial charge in [-0.3, -0.25) is 9.89 Å². The number of aromatic nitrogens is 3. The van der Waals surface area contributed by atoms with E-state index in [1.165, 1.54) is 11.8 Å². The van der Waals surface area contributed by atoms with Crippen molar-refractivity contribution in [3.05, 3.63) is 35.7 Å². The van der Waals surface area contributed by atoms with Crippen molar-refractivity contribution in [3.8, 4) is 6.07 Å². The lowest BCUT2D eigenvalue weighted by atomic mass is 10.2. The Morgan fingerprint density at radius 2 is 2.30 bits per heavy atom. The molecule has 0 unspecified atom stereocenters. The molecule has 2 rings (SSSR count). The Hall–Kier alpha value is -2.33. The first-order chi connectivity index (χ1) is 9.69. The number of anilines is 1. The third-order valence-corrected chi connectivity index (χ3v) is 3.31. The van der Waals surface area contributed by atoms with Crippen LogP contribution in [0.25, 0.3) is 0 Å². The highest BCUT2D eigenvalue weighted by molar-refractivity contribution is 7.99. The summed E-state index contributed by atoms with van der Waals surface area (Å²) in [6.07, 6.45) is 0.331. The Labute approximate surface area is 120 Å². The van der Waals surface area contributed by atoms with Crippen molar-refractivity contribution in [1.82, 2.24) is 15.2 Å². The van der Waals surface area contributed by atoms with Gasteiger partial charge in [-0.2, -0.15) is 5.26 Å². The molecule has 0 saturated carbocycles. The van der Waals surface area contributed by atoms with E-state index in [9.17, 15) is 4.79 Å². The molecule has 0 bridgehead atoms. The molecule has 102 valence electrons. The number of aryl methyl sites for hydroxylation is 1. The summed E-state index contributed by atoms with van der Waals surface area (Å²) in [5, 5.41) is 19.0. The number of hydrogen-bond acceptors (Lipinski definition) is 5. The molecule has 6 nitrogen and oxygen atoms in total. The number of carbonyl (C=O) groups excluding carboxylic acids is 1. The first-order valence-electron chi connectivity index (χ1n) is 6.00. The number of nitrogens with zero attached hydrogens (tertiary/aromatic N) is 3. The average molecular weight is 287 g/mol. The molecule has 1 heterocycles. The van der Waals surface area contributed by atoms with Crippen LogP contribution >= 0.6 is 11.8 Å². The zero-order chi connectivity index (χ0) is 14.4. The molecule has 20 heavy (non-hydrogen) atoms. The van der Waals surface area contributed by atoms with E-state index in [0.29, 0.717) is 28.6 Å². The fourth-order valence-electron chi connectivity index (χ4n) is 1.52. The van der Waals surface area contributed by atoms with Crippen LogP contribution in [0.1, 0.15) is 17.8 Å². The number of aromatic amines is 1. The second kappa shape index (κ2) is 6.73. The highest BCUT2D eigenvalue weighted by Gasteiger charge is 2.07. The maximum Gasteiger partial charge on any atom is 0.225 e. The van der Waals surface area contributed by atoms with Crippen LogP contribution in [0.15, 0.2) is 29.4 Å². The van der Waals surface area contributed by atoms with Gasteiger partial charge in [0, 0.05) is 12.2 Å². The molecule has 0 aliphatic carbocycles. The van der Waals surface area contributed by atoms with Crippen molar-refractivity contribution in [2.75, 3.05) is 11.1 Å². The van der Waals surface area contributed by atoms with Gasteiger partial charge in [0.05, 0.1) is 11.3 Å². The summed E-state index contributed by atoms with van der Waals surface area (Å²) >= 11 is 1.41. The molecule has 2 aromatic rings. The van der Waals surface area contributed by atoms with Crippen LogP contribution in [0.4, 0.5) is 5.69 Å². The average Bonchev–Trinajstić information content (AvgIpc) is 2.85. The Balaban J connectivity index is 1.82. The molecule has 0 spiro atoms. The van der Waals surface area contributed by atoms with Gasteiger partial charge in [0.15, 0.2) is 0 Å². The van der Waals surface area contributed by atoms with E-state index in [2.05, 4.69) is 20.5 Å². The second-order valence-electron chi connectivity index (χ2n) is 4.01. The molecule has 0 radical (unpaired) electrons. The van der Waals surface area contributed by atoms with Crippen LogP contribution in [0.3, 0.4) is 0 Å². The van der Waals surface area contributed by atoms with E-state index >= 15 is 0 Å². The summed E-state index contributed by atoms with van der Waals surface area (Å²) < 4.78 is 0. The SMILES string of the molecule is Cc1nc(SCCC(=O)Nc2ccccc2C#N)n[nH]1. The second-order valence-corrected chi connectivity index (χ2v) is 5.07. The minimum absolute atomic E-state index is 0.132. The van der Waals surface area contributed by atoms with Crippen molar-refractivity contribution >= 4 is 23.4 Å². The molecule has 1 amide bonds. The number of carbonyl (C=O) groups is 1. The number of amides is 1. The number of nitriles is 1. The van der Waals surface area contributed by atoms with Gasteiger partial charge in [0.2, 0.25) is 11.1 Å². The van der Waals surface area contributed by atoms with Gasteiger partial charge in [0.1, 0.15) is 11.9 Å². The van der Waals surface area contributed by atoms with Gasteiger partial charge >= 0.3 is 0 Å². The number of benzene rings is 1. The Kier molecular flexibility index (Phi) is 4.74. The third-order valence-electron chi connectivity index (χ3n) is 2.46. The molecule has 1 aromatic carbocycles. The van der Waals surface area contributed by atoms with Crippen molar-refractivity contribution in [2.45, 2.75) is 18.5 Å². The van der Waals surface area contributed by atoms with Gasteiger partial charge in [-0.25, -0.2) is 4.98 Å². The predicted molar refractivity (Wildman–Crippen MR) is 76.2 cm³/mol. The Morgan fingerprint density at radius 3 is 3.00 bits per heavy atom. The zero-order valence-electron chi connectivity index (χ0n) is 10.9. The van der Waals surface area contributed by atoms with Crippen molar-refractivity contribution in [1.29, 1.82) is 5.26 Å². The summed E-state index contributed by atoms with van der Waals surface area (Å²) in [5.41, 5.74) is 0.997. The molecule has 7 heteroatoms. The minimum Gasteiger partial charge on any atom is -0.325 e. The fraction of sp³-hybridized carbons (Fsp3) is 0.231. The van der Waals surface area contributed by atoms with E-state index in [4.69, 9.17) is 5.26 Å². The van der Waals surface area contributed by atoms with E-state index < -0.39 is 0 Å². The smallest absolute Gasteiger partial charge is 0.225 e. The summed E-state index contributed by atoms with van der Waals surface area (Å²) in [4.78, 5) is 15.9. The molecular formula is C13H13N5OS. The van der Waals surface area contributed by atoms with Crippen LogP contribution in [0.5, 0.6) is 0 Å². The number of nitrogens with one attached hydrogen (secondary N) is 2. The molecule has 0 aliphatic heterocycles. The van der Waals surface area contributed by atoms with Gasteiger partial charge in [-0.05, 0) is 19.1 Å². The summed E-state index contributed by atoms with van der Waals surface area (Å²) in [6, 6.07) is 8.96. The fourth-order valence-corrected chi connectivity index (χ4v) is 2.31. The zero-order valence-corrected chi connectivity index (χ0v) is 11.7. The lowest BCUT2D eigenvalue weighted by Crippen LogP contribution is -2.13. The molecule has 1 aromatic heterocycles. The number of H-pyrrole nitrogens is 1. The standard InChI is InChI=1S/C13H13N5OS/c1-9-15-13(18-17-9)20-7-6-12(19)16-11-5-3-2-4-10(11)8-14/h2-5H,6-7H2,1H3,(H,16,19)(H,15,17,18). The lowest BCUT2D eigenvalue weighted by molar-refractivity contribution is -0.115. The van der Waals surface area contributed by atoms with Crippen molar-refractivity contribution in [3.63, 3.8) is 0 Å². The highest BCUT2D eigenvalue weighted by Crippen LogP contribution is 2.16. The Bertz CT molecular complexity index is 646. The van der Waals surface area contributed by atoms with Gasteiger partial charge in [0.25, 0.3) is 0 Å². The van der Waals surface area contributed by atoms with Gasteiger partial charge in [-0.1, -0.05) is 23.9 Å². The lowest BCUT2D eigenvalue weighted by Gasteiger charge is -2.05. The van der Waals surface area contributed by atoms with E-state index in [0.717, 1.165) is 5.82 Å². The topological polar surface area (TPSA) is 94.5 Å². The van der Waals surface area contributed by atoms with E-state index in [1.54, 1.807) is 24.3 Å². The van der Waals surface area contributed by atoms with Crippen LogP contribution in [0, 0.1) is 18.3 Å². The molecule has 0 saturated heterocycles. The Morgan fingerprint density at radius 1 is 1.50 bits per heavy atom. The monoisotopic (exact) mass is 287 g/mol. The maximum atomic E-state index is 11.8. The quantitative estimate of drug-likeness (QED) is 0.821. The molecule has 2 N–H and O–H groups in total. The summed E-state index contributed by atoms with van der Waals surface area (Å²) in [5.74, 6) is 1.20. The molecule has 0 atom stereocenters. The molecular weight excluding hydrogens is 274 g/mol. The van der Waals surface area contributed by atoms with Gasteiger partial charge < -0.3 is 5.32 Å². The minimum atomic E-state index is -0.132.